The predicted octanol–water partition coefficient (Wildman–Crippen LogP) is 3.98. The van der Waals surface area contributed by atoms with Crippen molar-refractivity contribution in [1.29, 1.82) is 0 Å². The van der Waals surface area contributed by atoms with E-state index < -0.39 is 5.54 Å². The highest BCUT2D eigenvalue weighted by Gasteiger charge is 2.56. The molecule has 1 aromatic carbocycles. The first-order chi connectivity index (χ1) is 10.7. The van der Waals surface area contributed by atoms with Crippen molar-refractivity contribution < 1.29 is 9.59 Å². The highest BCUT2D eigenvalue weighted by molar-refractivity contribution is 6.31. The molecule has 1 aliphatic carbocycles. The van der Waals surface area contributed by atoms with E-state index in [0.717, 1.165) is 12.0 Å². The summed E-state index contributed by atoms with van der Waals surface area (Å²) in [7, 11) is 0. The van der Waals surface area contributed by atoms with Crippen molar-refractivity contribution in [2.75, 3.05) is 0 Å². The molecule has 3 amide bonds. The lowest BCUT2D eigenvalue weighted by Crippen LogP contribution is -2.54. The Morgan fingerprint density at radius 3 is 2.61 bits per heavy atom. The van der Waals surface area contributed by atoms with E-state index in [4.69, 9.17) is 11.6 Å². The molecule has 0 radical (unpaired) electrons. The summed E-state index contributed by atoms with van der Waals surface area (Å²) in [4.78, 5) is 26.8. The number of nitrogens with one attached hydrogen (secondary N) is 1. The van der Waals surface area contributed by atoms with Crippen LogP contribution in [0.3, 0.4) is 0 Å². The van der Waals surface area contributed by atoms with Gasteiger partial charge in [-0.05, 0) is 42.2 Å². The number of nitrogens with zero attached hydrogens (tertiary/aromatic N) is 1. The molecule has 0 aromatic heterocycles. The number of amides is 3. The van der Waals surface area contributed by atoms with Gasteiger partial charge in [0.15, 0.2) is 0 Å². The van der Waals surface area contributed by atoms with E-state index in [0.29, 0.717) is 23.8 Å². The van der Waals surface area contributed by atoms with Crippen LogP contribution >= 0.6 is 11.6 Å². The fourth-order valence-electron chi connectivity index (χ4n) is 4.45. The summed E-state index contributed by atoms with van der Waals surface area (Å²) in [5.74, 6) is 0.297. The highest BCUT2D eigenvalue weighted by atomic mass is 35.5. The summed E-state index contributed by atoms with van der Waals surface area (Å²) in [6, 6.07) is 7.02. The van der Waals surface area contributed by atoms with Gasteiger partial charge in [0.2, 0.25) is 0 Å². The van der Waals surface area contributed by atoms with Crippen molar-refractivity contribution in [2.24, 2.45) is 11.3 Å². The van der Waals surface area contributed by atoms with Gasteiger partial charge >= 0.3 is 6.03 Å². The predicted molar refractivity (Wildman–Crippen MR) is 90.1 cm³/mol. The SMILES string of the molecule is C[C@H]1CC(C)(C)C[C@]2(C1)NC(=O)N(Cc1ccccc1Cl)C2=O. The number of urea groups is 1. The number of benzene rings is 1. The minimum Gasteiger partial charge on any atom is -0.323 e. The van der Waals surface area contributed by atoms with Crippen LogP contribution in [0.15, 0.2) is 24.3 Å². The Bertz CT molecular complexity index is 658. The average molecular weight is 335 g/mol. The lowest BCUT2D eigenvalue weighted by atomic mass is 9.64. The third-order valence-electron chi connectivity index (χ3n) is 4.91. The van der Waals surface area contributed by atoms with Crippen LogP contribution in [0.25, 0.3) is 0 Å². The standard InChI is InChI=1S/C18H23ClN2O2/c1-12-8-17(2,3)11-18(9-12)15(22)21(16(23)20-18)10-13-6-4-5-7-14(13)19/h4-7,12H,8-11H2,1-3H3,(H,20,23)/t12-,18-/m0/s1. The molecule has 23 heavy (non-hydrogen) atoms. The van der Waals surface area contributed by atoms with Crippen LogP contribution < -0.4 is 5.32 Å². The molecule has 1 aliphatic heterocycles. The molecule has 4 nitrogen and oxygen atoms in total. The molecule has 1 saturated heterocycles. The van der Waals surface area contributed by atoms with E-state index in [9.17, 15) is 9.59 Å². The Kier molecular flexibility index (Phi) is 3.91. The second-order valence-electron chi connectivity index (χ2n) is 7.85. The molecule has 1 spiro atoms. The zero-order valence-electron chi connectivity index (χ0n) is 13.9. The number of hydrogen-bond acceptors (Lipinski definition) is 2. The van der Waals surface area contributed by atoms with Crippen molar-refractivity contribution in [3.63, 3.8) is 0 Å². The zero-order chi connectivity index (χ0) is 16.8. The molecule has 1 saturated carbocycles. The normalized spacial score (nSPS) is 29.9. The van der Waals surface area contributed by atoms with Crippen LogP contribution in [-0.2, 0) is 11.3 Å². The summed E-state index contributed by atoms with van der Waals surface area (Å²) in [5.41, 5.74) is 0.0818. The van der Waals surface area contributed by atoms with E-state index in [1.54, 1.807) is 6.07 Å². The van der Waals surface area contributed by atoms with Crippen molar-refractivity contribution >= 4 is 23.5 Å². The summed E-state index contributed by atoms with van der Waals surface area (Å²) in [6.45, 7) is 6.71. The molecule has 0 bridgehead atoms. The second kappa shape index (κ2) is 5.52. The maximum atomic E-state index is 13.0. The van der Waals surface area contributed by atoms with Crippen molar-refractivity contribution in [3.05, 3.63) is 34.9 Å². The monoisotopic (exact) mass is 334 g/mol. The molecular formula is C18H23ClN2O2. The second-order valence-corrected chi connectivity index (χ2v) is 8.26. The van der Waals surface area contributed by atoms with Crippen LogP contribution in [0.4, 0.5) is 4.79 Å². The number of carbonyl (C=O) groups is 2. The fraction of sp³-hybridized carbons (Fsp3) is 0.556. The van der Waals surface area contributed by atoms with Gasteiger partial charge in [0.05, 0.1) is 6.54 Å². The van der Waals surface area contributed by atoms with Gasteiger partial charge in [-0.3, -0.25) is 9.69 Å². The molecule has 124 valence electrons. The number of carbonyl (C=O) groups excluding carboxylic acids is 2. The van der Waals surface area contributed by atoms with Gasteiger partial charge in [0.25, 0.3) is 5.91 Å². The molecule has 1 heterocycles. The van der Waals surface area contributed by atoms with E-state index in [-0.39, 0.29) is 23.9 Å². The third kappa shape index (κ3) is 2.97. The number of hydrogen-bond donors (Lipinski definition) is 1. The van der Waals surface area contributed by atoms with Gasteiger partial charge in [-0.15, -0.1) is 0 Å². The molecule has 3 rings (SSSR count). The number of imide groups is 1. The van der Waals surface area contributed by atoms with E-state index in [1.807, 2.05) is 18.2 Å². The van der Waals surface area contributed by atoms with Gasteiger partial charge in [-0.1, -0.05) is 50.6 Å². The van der Waals surface area contributed by atoms with Gasteiger partial charge in [0, 0.05) is 5.02 Å². The van der Waals surface area contributed by atoms with E-state index in [1.165, 1.54) is 4.90 Å². The molecule has 0 unspecified atom stereocenters. The first-order valence-electron chi connectivity index (χ1n) is 8.10. The lowest BCUT2D eigenvalue weighted by Gasteiger charge is -2.43. The molecule has 5 heteroatoms. The molecular weight excluding hydrogens is 312 g/mol. The average Bonchev–Trinajstić information content (AvgIpc) is 2.62. The van der Waals surface area contributed by atoms with E-state index in [2.05, 4.69) is 26.1 Å². The zero-order valence-corrected chi connectivity index (χ0v) is 14.6. The molecule has 1 aromatic rings. The van der Waals surface area contributed by atoms with Gasteiger partial charge in [-0.2, -0.15) is 0 Å². The third-order valence-corrected chi connectivity index (χ3v) is 5.28. The Balaban J connectivity index is 1.87. The van der Waals surface area contributed by atoms with Gasteiger partial charge < -0.3 is 5.32 Å². The Morgan fingerprint density at radius 2 is 1.96 bits per heavy atom. The smallest absolute Gasteiger partial charge is 0.323 e. The number of halogens is 1. The first kappa shape index (κ1) is 16.3. The first-order valence-corrected chi connectivity index (χ1v) is 8.48. The summed E-state index contributed by atoms with van der Waals surface area (Å²) in [6.07, 6.45) is 2.47. The van der Waals surface area contributed by atoms with Crippen LogP contribution in [0.5, 0.6) is 0 Å². The number of rotatable bonds is 2. The largest absolute Gasteiger partial charge is 0.325 e. The molecule has 2 fully saturated rings. The van der Waals surface area contributed by atoms with Gasteiger partial charge in [-0.25, -0.2) is 4.79 Å². The Morgan fingerprint density at radius 1 is 1.26 bits per heavy atom. The van der Waals surface area contributed by atoms with Crippen LogP contribution in [-0.4, -0.2) is 22.4 Å². The topological polar surface area (TPSA) is 49.4 Å². The van der Waals surface area contributed by atoms with Crippen LogP contribution in [0.2, 0.25) is 5.02 Å². The van der Waals surface area contributed by atoms with E-state index >= 15 is 0 Å². The highest BCUT2D eigenvalue weighted by Crippen LogP contribution is 2.46. The summed E-state index contributed by atoms with van der Waals surface area (Å²) < 4.78 is 0. The van der Waals surface area contributed by atoms with Gasteiger partial charge in [0.1, 0.15) is 5.54 Å². The minimum atomic E-state index is -0.750. The van der Waals surface area contributed by atoms with Crippen molar-refractivity contribution in [2.45, 2.75) is 52.1 Å². The van der Waals surface area contributed by atoms with Crippen molar-refractivity contribution in [3.8, 4) is 0 Å². The van der Waals surface area contributed by atoms with Crippen LogP contribution in [0.1, 0.15) is 45.6 Å². The summed E-state index contributed by atoms with van der Waals surface area (Å²) >= 11 is 6.17. The minimum absolute atomic E-state index is 0.0427. The quantitative estimate of drug-likeness (QED) is 0.832. The molecule has 1 N–H and O–H groups in total. The van der Waals surface area contributed by atoms with Crippen LogP contribution in [0, 0.1) is 11.3 Å². The molecule has 2 atom stereocenters. The maximum absolute atomic E-state index is 13.0. The lowest BCUT2D eigenvalue weighted by molar-refractivity contribution is -0.135. The Hall–Kier alpha value is -1.55. The summed E-state index contributed by atoms with van der Waals surface area (Å²) in [5, 5.41) is 3.56. The maximum Gasteiger partial charge on any atom is 0.325 e. The molecule has 2 aliphatic rings. The Labute approximate surface area is 142 Å². The fourth-order valence-corrected chi connectivity index (χ4v) is 4.64. The van der Waals surface area contributed by atoms with Crippen molar-refractivity contribution in [1.82, 2.24) is 10.2 Å².